The first-order valence-corrected chi connectivity index (χ1v) is 8.78. The molecule has 0 bridgehead atoms. The maximum absolute atomic E-state index is 12.3. The molecule has 1 heterocycles. The number of anilines is 2. The summed E-state index contributed by atoms with van der Waals surface area (Å²) >= 11 is 13.1. The summed E-state index contributed by atoms with van der Waals surface area (Å²) in [5.74, 6) is 0.602. The number of ether oxygens (including phenoxy) is 1. The Bertz CT molecular complexity index is 901. The number of carbonyl (C=O) groups excluding carboxylic acids is 1. The molecule has 2 aromatic carbocycles. The summed E-state index contributed by atoms with van der Waals surface area (Å²) in [6.45, 7) is 0. The average molecular weight is 394 g/mol. The van der Waals surface area contributed by atoms with Gasteiger partial charge in [-0.2, -0.15) is 0 Å². The van der Waals surface area contributed by atoms with Crippen LogP contribution in [0.3, 0.4) is 0 Å². The molecule has 0 atom stereocenters. The van der Waals surface area contributed by atoms with Gasteiger partial charge in [0.1, 0.15) is 5.75 Å². The minimum Gasteiger partial charge on any atom is -0.445 e. The van der Waals surface area contributed by atoms with Crippen LogP contribution in [0.15, 0.2) is 54.7 Å². The van der Waals surface area contributed by atoms with Gasteiger partial charge in [0.2, 0.25) is 5.06 Å². The number of nitrogens with one attached hydrogen (secondary N) is 1. The molecule has 5 nitrogen and oxygen atoms in total. The number of benzene rings is 2. The molecule has 0 aliphatic heterocycles. The highest BCUT2D eigenvalue weighted by molar-refractivity contribution is 7.17. The van der Waals surface area contributed by atoms with E-state index in [1.165, 1.54) is 16.2 Å². The van der Waals surface area contributed by atoms with Crippen molar-refractivity contribution >= 4 is 51.4 Å². The van der Waals surface area contributed by atoms with Crippen molar-refractivity contribution in [2.75, 3.05) is 17.3 Å². The second-order valence-electron chi connectivity index (χ2n) is 5.01. The minimum atomic E-state index is -0.328. The predicted octanol–water partition coefficient (Wildman–Crippen LogP) is 5.91. The molecular formula is C17H13Cl2N3O2S. The van der Waals surface area contributed by atoms with Gasteiger partial charge in [0.15, 0.2) is 5.13 Å². The fourth-order valence-corrected chi connectivity index (χ4v) is 3.03. The Hall–Kier alpha value is -2.28. The standard InChI is InChI=1S/C17H13Cl2N3O2S/c1-22(13-6-2-4-11(18)8-13)17(23)21-16-20-10-15(25-16)24-14-7-3-5-12(19)9-14/h2-10H,1H3,(H,20,21,23). The fourth-order valence-electron chi connectivity index (χ4n) is 1.99. The van der Waals surface area contributed by atoms with E-state index in [9.17, 15) is 4.79 Å². The van der Waals surface area contributed by atoms with Crippen LogP contribution in [-0.4, -0.2) is 18.1 Å². The van der Waals surface area contributed by atoms with Crippen LogP contribution >= 0.6 is 34.5 Å². The Morgan fingerprint density at radius 1 is 1.16 bits per heavy atom. The Morgan fingerprint density at radius 3 is 2.60 bits per heavy atom. The first kappa shape index (κ1) is 17.5. The van der Waals surface area contributed by atoms with E-state index in [4.69, 9.17) is 27.9 Å². The monoisotopic (exact) mass is 393 g/mol. The summed E-state index contributed by atoms with van der Waals surface area (Å²) in [4.78, 5) is 17.9. The van der Waals surface area contributed by atoms with E-state index >= 15 is 0 Å². The zero-order valence-corrected chi connectivity index (χ0v) is 15.4. The van der Waals surface area contributed by atoms with Crippen molar-refractivity contribution in [3.63, 3.8) is 0 Å². The van der Waals surface area contributed by atoms with Crippen LogP contribution in [0.2, 0.25) is 10.0 Å². The van der Waals surface area contributed by atoms with Gasteiger partial charge in [-0.1, -0.05) is 46.7 Å². The van der Waals surface area contributed by atoms with Gasteiger partial charge in [0, 0.05) is 22.8 Å². The lowest BCUT2D eigenvalue weighted by molar-refractivity contribution is 0.258. The number of amides is 2. The number of thiazole rings is 1. The summed E-state index contributed by atoms with van der Waals surface area (Å²) < 4.78 is 5.67. The summed E-state index contributed by atoms with van der Waals surface area (Å²) in [7, 11) is 1.65. The molecule has 0 saturated heterocycles. The number of nitrogens with zero attached hydrogens (tertiary/aromatic N) is 2. The second-order valence-corrected chi connectivity index (χ2v) is 6.88. The number of urea groups is 1. The quantitative estimate of drug-likeness (QED) is 0.599. The summed E-state index contributed by atoms with van der Waals surface area (Å²) in [5.41, 5.74) is 0.678. The third-order valence-electron chi connectivity index (χ3n) is 3.21. The van der Waals surface area contributed by atoms with Crippen molar-refractivity contribution in [2.24, 2.45) is 0 Å². The van der Waals surface area contributed by atoms with Gasteiger partial charge in [-0.25, -0.2) is 9.78 Å². The summed E-state index contributed by atoms with van der Waals surface area (Å²) in [6, 6.07) is 13.7. The van der Waals surface area contributed by atoms with Crippen molar-refractivity contribution in [3.05, 3.63) is 64.8 Å². The van der Waals surface area contributed by atoms with Crippen molar-refractivity contribution in [1.29, 1.82) is 0 Å². The number of hydrogen-bond donors (Lipinski definition) is 1. The number of rotatable bonds is 4. The van der Waals surface area contributed by atoms with Gasteiger partial charge in [0.05, 0.1) is 6.20 Å². The van der Waals surface area contributed by atoms with E-state index in [1.807, 2.05) is 0 Å². The molecule has 0 aliphatic rings. The topological polar surface area (TPSA) is 54.5 Å². The third kappa shape index (κ3) is 4.63. The zero-order chi connectivity index (χ0) is 17.8. The lowest BCUT2D eigenvalue weighted by atomic mass is 10.3. The molecule has 0 saturated carbocycles. The highest BCUT2D eigenvalue weighted by Crippen LogP contribution is 2.31. The van der Waals surface area contributed by atoms with E-state index in [1.54, 1.807) is 61.8 Å². The number of hydrogen-bond acceptors (Lipinski definition) is 4. The third-order valence-corrected chi connectivity index (χ3v) is 4.47. The van der Waals surface area contributed by atoms with Crippen molar-refractivity contribution in [2.45, 2.75) is 0 Å². The van der Waals surface area contributed by atoms with Crippen LogP contribution < -0.4 is 15.0 Å². The van der Waals surface area contributed by atoms with Crippen LogP contribution in [-0.2, 0) is 0 Å². The normalized spacial score (nSPS) is 10.4. The molecule has 1 N–H and O–H groups in total. The van der Waals surface area contributed by atoms with Crippen molar-refractivity contribution < 1.29 is 9.53 Å². The second kappa shape index (κ2) is 7.74. The minimum absolute atomic E-state index is 0.328. The van der Waals surface area contributed by atoms with E-state index in [0.717, 1.165) is 0 Å². The molecular weight excluding hydrogens is 381 g/mol. The van der Waals surface area contributed by atoms with Gasteiger partial charge in [-0.3, -0.25) is 10.2 Å². The first-order chi connectivity index (χ1) is 12.0. The van der Waals surface area contributed by atoms with Gasteiger partial charge >= 0.3 is 6.03 Å². The van der Waals surface area contributed by atoms with Gasteiger partial charge in [0.25, 0.3) is 0 Å². The largest absolute Gasteiger partial charge is 0.445 e. The highest BCUT2D eigenvalue weighted by Gasteiger charge is 2.14. The van der Waals surface area contributed by atoms with E-state index in [0.29, 0.717) is 31.7 Å². The number of halogens is 2. The predicted molar refractivity (Wildman–Crippen MR) is 103 cm³/mol. The van der Waals surface area contributed by atoms with E-state index < -0.39 is 0 Å². The van der Waals surface area contributed by atoms with Gasteiger partial charge in [-0.15, -0.1) is 0 Å². The van der Waals surface area contributed by atoms with Crippen LogP contribution in [0, 0.1) is 0 Å². The summed E-state index contributed by atoms with van der Waals surface area (Å²) in [5, 5.41) is 4.83. The van der Waals surface area contributed by atoms with Gasteiger partial charge < -0.3 is 4.74 Å². The van der Waals surface area contributed by atoms with Crippen molar-refractivity contribution in [1.82, 2.24) is 4.98 Å². The SMILES string of the molecule is CN(C(=O)Nc1ncc(Oc2cccc(Cl)c2)s1)c1cccc(Cl)c1. The highest BCUT2D eigenvalue weighted by atomic mass is 35.5. The maximum Gasteiger partial charge on any atom is 0.327 e. The smallest absolute Gasteiger partial charge is 0.327 e. The lowest BCUT2D eigenvalue weighted by Crippen LogP contribution is -2.31. The maximum atomic E-state index is 12.3. The molecule has 0 aliphatic carbocycles. The molecule has 25 heavy (non-hydrogen) atoms. The Balaban J connectivity index is 1.65. The average Bonchev–Trinajstić information content (AvgIpc) is 3.01. The lowest BCUT2D eigenvalue weighted by Gasteiger charge is -2.17. The van der Waals surface area contributed by atoms with Crippen molar-refractivity contribution in [3.8, 4) is 10.8 Å². The Kier molecular flexibility index (Phi) is 5.43. The zero-order valence-electron chi connectivity index (χ0n) is 13.1. The van der Waals surface area contributed by atoms with Crippen LogP contribution in [0.4, 0.5) is 15.6 Å². The molecule has 0 unspecified atom stereocenters. The van der Waals surface area contributed by atoms with Gasteiger partial charge in [-0.05, 0) is 36.4 Å². The molecule has 3 aromatic rings. The fraction of sp³-hybridized carbons (Fsp3) is 0.0588. The van der Waals surface area contributed by atoms with E-state index in [2.05, 4.69) is 10.3 Å². The molecule has 1 aromatic heterocycles. The molecule has 128 valence electrons. The Morgan fingerprint density at radius 2 is 1.88 bits per heavy atom. The Labute approximate surface area is 158 Å². The summed E-state index contributed by atoms with van der Waals surface area (Å²) in [6.07, 6.45) is 1.54. The molecule has 0 radical (unpaired) electrons. The number of aromatic nitrogens is 1. The molecule has 0 fully saturated rings. The van der Waals surface area contributed by atoms with Crippen LogP contribution in [0.25, 0.3) is 0 Å². The first-order valence-electron chi connectivity index (χ1n) is 7.21. The molecule has 2 amide bonds. The molecule has 3 rings (SSSR count). The number of carbonyl (C=O) groups is 1. The van der Waals surface area contributed by atoms with Crippen LogP contribution in [0.1, 0.15) is 0 Å². The van der Waals surface area contributed by atoms with E-state index in [-0.39, 0.29) is 6.03 Å². The molecule has 0 spiro atoms. The van der Waals surface area contributed by atoms with Crippen LogP contribution in [0.5, 0.6) is 10.8 Å². The molecule has 8 heteroatoms.